The summed E-state index contributed by atoms with van der Waals surface area (Å²) in [6.45, 7) is 7.93. The van der Waals surface area contributed by atoms with Gasteiger partial charge in [-0.05, 0) is 63.8 Å². The normalized spacial score (nSPS) is 14.6. The molecule has 3 aromatic carbocycles. The SMILES string of the molecule is CC(C)Oc1cc(P(C)(C)=O)ccc1-c1nc(-c2cccc3nn(CC(O)c4ccccc4)cc23)c(C2CC2)n1C. The zero-order chi connectivity index (χ0) is 28.9. The molecule has 0 spiro atoms. The van der Waals surface area contributed by atoms with Crippen molar-refractivity contribution in [2.24, 2.45) is 7.05 Å². The third-order valence-corrected chi connectivity index (χ3v) is 9.21. The highest BCUT2D eigenvalue weighted by atomic mass is 31.2. The van der Waals surface area contributed by atoms with E-state index in [0.717, 1.165) is 57.3 Å². The average molecular weight is 569 g/mol. The minimum Gasteiger partial charge on any atom is -0.490 e. The zero-order valence-corrected chi connectivity index (χ0v) is 25.2. The Balaban J connectivity index is 1.45. The summed E-state index contributed by atoms with van der Waals surface area (Å²) in [4.78, 5) is 5.27. The van der Waals surface area contributed by atoms with E-state index in [1.807, 2.05) is 85.4 Å². The number of aliphatic hydroxyl groups excluding tert-OH is 1. The van der Waals surface area contributed by atoms with Crippen LogP contribution in [-0.4, -0.2) is 43.9 Å². The Morgan fingerprint density at radius 2 is 1.78 bits per heavy atom. The van der Waals surface area contributed by atoms with Gasteiger partial charge in [-0.25, -0.2) is 4.98 Å². The molecule has 212 valence electrons. The number of rotatable bonds is 9. The summed E-state index contributed by atoms with van der Waals surface area (Å²) in [6.07, 6.45) is 3.59. The number of fused-ring (bicyclic) bond motifs is 1. The van der Waals surface area contributed by atoms with Crippen molar-refractivity contribution in [1.29, 1.82) is 0 Å². The smallest absolute Gasteiger partial charge is 0.144 e. The highest BCUT2D eigenvalue weighted by molar-refractivity contribution is 7.70. The second-order valence-electron chi connectivity index (χ2n) is 11.7. The summed E-state index contributed by atoms with van der Waals surface area (Å²) in [7, 11) is -0.379. The Morgan fingerprint density at radius 1 is 1.02 bits per heavy atom. The van der Waals surface area contributed by atoms with Crippen LogP contribution in [0.5, 0.6) is 5.75 Å². The second-order valence-corrected chi connectivity index (χ2v) is 14.9. The minimum atomic E-state index is -2.46. The fraction of sp³-hybridized carbons (Fsp3) is 0.333. The van der Waals surface area contributed by atoms with Gasteiger partial charge in [-0.1, -0.05) is 48.5 Å². The van der Waals surface area contributed by atoms with Crippen LogP contribution >= 0.6 is 7.14 Å². The molecule has 0 aliphatic heterocycles. The van der Waals surface area contributed by atoms with Gasteiger partial charge in [-0.15, -0.1) is 0 Å². The first-order valence-corrected chi connectivity index (χ1v) is 16.8. The molecule has 1 fully saturated rings. The second kappa shape index (κ2) is 10.6. The van der Waals surface area contributed by atoms with Crippen molar-refractivity contribution in [1.82, 2.24) is 19.3 Å². The van der Waals surface area contributed by atoms with Crippen molar-refractivity contribution < 1.29 is 14.4 Å². The number of imidazole rings is 1. The van der Waals surface area contributed by atoms with E-state index >= 15 is 0 Å². The Hall–Kier alpha value is -3.67. The van der Waals surface area contributed by atoms with Gasteiger partial charge in [-0.3, -0.25) is 4.68 Å². The van der Waals surface area contributed by atoms with Crippen molar-refractivity contribution in [3.63, 3.8) is 0 Å². The van der Waals surface area contributed by atoms with E-state index in [0.29, 0.717) is 18.2 Å². The van der Waals surface area contributed by atoms with Crippen LogP contribution in [0.15, 0.2) is 72.9 Å². The molecule has 8 heteroatoms. The maximum Gasteiger partial charge on any atom is 0.144 e. The number of benzene rings is 3. The van der Waals surface area contributed by atoms with Crippen LogP contribution in [0.4, 0.5) is 0 Å². The lowest BCUT2D eigenvalue weighted by Gasteiger charge is -2.17. The molecule has 2 heterocycles. The molecule has 6 rings (SSSR count). The molecule has 1 aliphatic rings. The summed E-state index contributed by atoms with van der Waals surface area (Å²) >= 11 is 0. The quantitative estimate of drug-likeness (QED) is 0.199. The van der Waals surface area contributed by atoms with Crippen molar-refractivity contribution >= 4 is 23.3 Å². The molecular weight excluding hydrogens is 531 g/mol. The highest BCUT2D eigenvalue weighted by Crippen LogP contribution is 2.47. The van der Waals surface area contributed by atoms with Crippen LogP contribution in [-0.2, 0) is 18.2 Å². The molecule has 1 N–H and O–H groups in total. The highest BCUT2D eigenvalue weighted by Gasteiger charge is 2.33. The predicted molar refractivity (Wildman–Crippen MR) is 166 cm³/mol. The fourth-order valence-electron chi connectivity index (χ4n) is 5.51. The predicted octanol–water partition coefficient (Wildman–Crippen LogP) is 6.75. The molecule has 1 atom stereocenters. The Bertz CT molecular complexity index is 1760. The number of aliphatic hydroxyl groups is 1. The average Bonchev–Trinajstić information content (AvgIpc) is 3.59. The van der Waals surface area contributed by atoms with Gasteiger partial charge in [0.05, 0.1) is 35.5 Å². The molecule has 0 radical (unpaired) electrons. The first-order chi connectivity index (χ1) is 19.6. The van der Waals surface area contributed by atoms with E-state index in [9.17, 15) is 9.67 Å². The van der Waals surface area contributed by atoms with Gasteiger partial charge in [0.25, 0.3) is 0 Å². The molecule has 0 bridgehead atoms. The molecule has 1 aliphatic carbocycles. The Morgan fingerprint density at radius 3 is 2.46 bits per heavy atom. The molecule has 0 amide bonds. The summed E-state index contributed by atoms with van der Waals surface area (Å²) in [6, 6.07) is 21.7. The van der Waals surface area contributed by atoms with Crippen molar-refractivity contribution in [3.8, 4) is 28.4 Å². The van der Waals surface area contributed by atoms with E-state index in [1.54, 1.807) is 13.3 Å². The standard InChI is InChI=1S/C33H37N4O3P/c1-21(2)40-30-18-24(41(4,5)39)16-17-26(30)33-34-31(32(36(33)3)23-14-15-23)25-12-9-13-28-27(25)19-37(35-28)20-29(38)22-10-7-6-8-11-22/h6-13,16-19,21,23,29,38H,14-15,20H2,1-5H3. The third kappa shape index (κ3) is 5.49. The van der Waals surface area contributed by atoms with Crippen LogP contribution in [0.25, 0.3) is 33.5 Å². The topological polar surface area (TPSA) is 82.2 Å². The number of hydrogen-bond acceptors (Lipinski definition) is 5. The first-order valence-electron chi connectivity index (χ1n) is 14.2. The monoisotopic (exact) mass is 568 g/mol. The lowest BCUT2D eigenvalue weighted by atomic mass is 10.0. The lowest BCUT2D eigenvalue weighted by molar-refractivity contribution is 0.152. The van der Waals surface area contributed by atoms with E-state index in [1.165, 1.54) is 5.69 Å². The van der Waals surface area contributed by atoms with Gasteiger partial charge >= 0.3 is 0 Å². The summed E-state index contributed by atoms with van der Waals surface area (Å²) < 4.78 is 23.2. The van der Waals surface area contributed by atoms with Crippen molar-refractivity contribution in [2.45, 2.75) is 51.4 Å². The van der Waals surface area contributed by atoms with Crippen LogP contribution < -0.4 is 10.0 Å². The number of hydrogen-bond donors (Lipinski definition) is 1. The van der Waals surface area contributed by atoms with Crippen LogP contribution in [0.1, 0.15) is 50.0 Å². The van der Waals surface area contributed by atoms with Gasteiger partial charge in [0.15, 0.2) is 0 Å². The molecule has 0 saturated heterocycles. The summed E-state index contributed by atoms with van der Waals surface area (Å²) in [5.74, 6) is 1.97. The van der Waals surface area contributed by atoms with Gasteiger partial charge in [0.1, 0.15) is 18.7 Å². The molecule has 1 unspecified atom stereocenters. The Labute approximate surface area is 241 Å². The molecule has 41 heavy (non-hydrogen) atoms. The fourth-order valence-corrected chi connectivity index (χ4v) is 6.37. The van der Waals surface area contributed by atoms with Gasteiger partial charge in [0.2, 0.25) is 0 Å². The van der Waals surface area contributed by atoms with E-state index in [2.05, 4.69) is 17.7 Å². The molecule has 1 saturated carbocycles. The molecule has 5 aromatic rings. The summed E-state index contributed by atoms with van der Waals surface area (Å²) in [5, 5.41) is 17.4. The number of nitrogens with zero attached hydrogens (tertiary/aromatic N) is 4. The maximum atomic E-state index is 12.9. The molecular formula is C33H37N4O3P. The van der Waals surface area contributed by atoms with E-state index in [4.69, 9.17) is 14.8 Å². The summed E-state index contributed by atoms with van der Waals surface area (Å²) in [5.41, 5.74) is 5.81. The maximum absolute atomic E-state index is 12.9. The number of aromatic nitrogens is 4. The first kappa shape index (κ1) is 27.5. The molecule has 2 aromatic heterocycles. The van der Waals surface area contributed by atoms with E-state index < -0.39 is 13.2 Å². The van der Waals surface area contributed by atoms with E-state index in [-0.39, 0.29) is 6.10 Å². The van der Waals surface area contributed by atoms with Gasteiger partial charge < -0.3 is 19.0 Å². The van der Waals surface area contributed by atoms with Crippen molar-refractivity contribution in [3.05, 3.63) is 84.2 Å². The lowest BCUT2D eigenvalue weighted by Crippen LogP contribution is -2.11. The minimum absolute atomic E-state index is 0.0365. The van der Waals surface area contributed by atoms with Crippen LogP contribution in [0.3, 0.4) is 0 Å². The van der Waals surface area contributed by atoms with Gasteiger partial charge in [0, 0.05) is 41.1 Å². The molecule has 7 nitrogen and oxygen atoms in total. The Kier molecular flexibility index (Phi) is 7.13. The van der Waals surface area contributed by atoms with Crippen molar-refractivity contribution in [2.75, 3.05) is 13.3 Å². The third-order valence-electron chi connectivity index (χ3n) is 7.69. The number of ether oxygens (including phenoxy) is 1. The largest absolute Gasteiger partial charge is 0.490 e. The zero-order valence-electron chi connectivity index (χ0n) is 24.3. The van der Waals surface area contributed by atoms with Crippen LogP contribution in [0, 0.1) is 0 Å². The van der Waals surface area contributed by atoms with Gasteiger partial charge in [-0.2, -0.15) is 5.10 Å². The van der Waals surface area contributed by atoms with Crippen LogP contribution in [0.2, 0.25) is 0 Å².